The standard InChI is InChI=1S/C5H9BrO2.K/c1-2-3-4(6)5(7)8;/h4H,2-3H2,1H3,(H,7,8);/q;+1/p-1. The van der Waals surface area contributed by atoms with E-state index in [1.165, 1.54) is 0 Å². The Labute approximate surface area is 106 Å². The van der Waals surface area contributed by atoms with Crippen LogP contribution >= 0.6 is 15.9 Å². The molecule has 1 atom stereocenters. The second-order valence-electron chi connectivity index (χ2n) is 1.58. The first-order valence-electron chi connectivity index (χ1n) is 2.53. The van der Waals surface area contributed by atoms with Crippen molar-refractivity contribution in [3.8, 4) is 0 Å². The number of carboxylic acid groups (broad SMARTS) is 1. The van der Waals surface area contributed by atoms with Crippen molar-refractivity contribution in [2.24, 2.45) is 0 Å². The SMILES string of the molecule is CCCC(Br)C(=O)[O-].[K+]. The van der Waals surface area contributed by atoms with Crippen molar-refractivity contribution in [1.82, 2.24) is 0 Å². The zero-order valence-corrected chi connectivity index (χ0v) is 10.4. The second-order valence-corrected chi connectivity index (χ2v) is 2.68. The van der Waals surface area contributed by atoms with Gasteiger partial charge in [0.1, 0.15) is 0 Å². The van der Waals surface area contributed by atoms with E-state index in [-0.39, 0.29) is 51.4 Å². The van der Waals surface area contributed by atoms with E-state index in [1.54, 1.807) is 0 Å². The van der Waals surface area contributed by atoms with Crippen molar-refractivity contribution in [3.63, 3.8) is 0 Å². The van der Waals surface area contributed by atoms with Gasteiger partial charge in [-0.3, -0.25) is 0 Å². The monoisotopic (exact) mass is 218 g/mol. The molecule has 0 saturated heterocycles. The van der Waals surface area contributed by atoms with Crippen molar-refractivity contribution in [2.75, 3.05) is 0 Å². The van der Waals surface area contributed by atoms with Gasteiger partial charge in [-0.25, -0.2) is 0 Å². The van der Waals surface area contributed by atoms with Crippen LogP contribution in [0.3, 0.4) is 0 Å². The number of halogens is 1. The van der Waals surface area contributed by atoms with Crippen LogP contribution in [0, 0.1) is 0 Å². The molecular weight excluding hydrogens is 211 g/mol. The summed E-state index contributed by atoms with van der Waals surface area (Å²) in [7, 11) is 0. The summed E-state index contributed by atoms with van der Waals surface area (Å²) in [6.07, 6.45) is 1.51. The molecule has 4 heteroatoms. The maximum atomic E-state index is 9.93. The summed E-state index contributed by atoms with van der Waals surface area (Å²) < 4.78 is 0. The van der Waals surface area contributed by atoms with Gasteiger partial charge in [-0.2, -0.15) is 0 Å². The van der Waals surface area contributed by atoms with E-state index >= 15 is 0 Å². The van der Waals surface area contributed by atoms with Gasteiger partial charge in [-0.15, -0.1) is 0 Å². The van der Waals surface area contributed by atoms with Crippen LogP contribution in [-0.2, 0) is 4.79 Å². The molecule has 0 aromatic carbocycles. The Hall–Kier alpha value is 1.59. The quantitative estimate of drug-likeness (QED) is 0.383. The van der Waals surface area contributed by atoms with Gasteiger partial charge >= 0.3 is 51.4 Å². The fourth-order valence-electron chi connectivity index (χ4n) is 0.371. The minimum absolute atomic E-state index is 0. The van der Waals surface area contributed by atoms with Gasteiger partial charge in [0.05, 0.1) is 10.8 Å². The Balaban J connectivity index is 0. The largest absolute Gasteiger partial charge is 1.00 e. The molecule has 48 valence electrons. The van der Waals surface area contributed by atoms with Gasteiger partial charge in [-0.1, -0.05) is 29.3 Å². The van der Waals surface area contributed by atoms with Crippen LogP contribution in [-0.4, -0.2) is 10.8 Å². The minimum atomic E-state index is -1.02. The summed E-state index contributed by atoms with van der Waals surface area (Å²) in [4.78, 5) is 9.47. The molecular formula is C5H8BrKO2. The number of hydrogen-bond acceptors (Lipinski definition) is 2. The zero-order chi connectivity index (χ0) is 6.57. The van der Waals surface area contributed by atoms with Gasteiger partial charge in [0.25, 0.3) is 0 Å². The number of carbonyl (C=O) groups excluding carboxylic acids is 1. The zero-order valence-electron chi connectivity index (χ0n) is 5.69. The van der Waals surface area contributed by atoms with Crippen molar-refractivity contribution >= 4 is 21.9 Å². The summed E-state index contributed by atoms with van der Waals surface area (Å²) in [5.74, 6) is -1.02. The van der Waals surface area contributed by atoms with E-state index < -0.39 is 10.8 Å². The van der Waals surface area contributed by atoms with E-state index in [0.717, 1.165) is 6.42 Å². The Bertz CT molecular complexity index is 87.0. The summed E-state index contributed by atoms with van der Waals surface area (Å²) in [6, 6.07) is 0. The molecule has 2 nitrogen and oxygen atoms in total. The number of aliphatic carboxylic acids is 1. The predicted octanol–water partition coefficient (Wildman–Crippen LogP) is -2.70. The molecule has 0 amide bonds. The first kappa shape index (κ1) is 13.2. The molecule has 0 heterocycles. The summed E-state index contributed by atoms with van der Waals surface area (Å²) in [5.41, 5.74) is 0. The average molecular weight is 219 g/mol. The van der Waals surface area contributed by atoms with Gasteiger partial charge < -0.3 is 9.90 Å². The molecule has 0 spiro atoms. The molecule has 0 aromatic heterocycles. The summed E-state index contributed by atoms with van der Waals surface area (Å²) >= 11 is 2.94. The smallest absolute Gasteiger partial charge is 0.549 e. The molecule has 0 bridgehead atoms. The van der Waals surface area contributed by atoms with E-state index in [1.807, 2.05) is 6.92 Å². The average Bonchev–Trinajstić information content (AvgIpc) is 1.67. The molecule has 0 aliphatic rings. The molecule has 0 aliphatic carbocycles. The number of hydrogen-bond donors (Lipinski definition) is 0. The molecule has 9 heavy (non-hydrogen) atoms. The third-order valence-electron chi connectivity index (χ3n) is 0.798. The van der Waals surface area contributed by atoms with Crippen LogP contribution in [0.25, 0.3) is 0 Å². The maximum Gasteiger partial charge on any atom is 1.00 e. The topological polar surface area (TPSA) is 40.1 Å². The maximum absolute atomic E-state index is 9.93. The Morgan fingerprint density at radius 2 is 2.22 bits per heavy atom. The molecule has 0 aromatic rings. The first-order chi connectivity index (χ1) is 3.68. The Morgan fingerprint density at radius 3 is 2.33 bits per heavy atom. The number of carboxylic acids is 1. The van der Waals surface area contributed by atoms with Crippen LogP contribution in [0.5, 0.6) is 0 Å². The van der Waals surface area contributed by atoms with Crippen LogP contribution in [0.2, 0.25) is 0 Å². The van der Waals surface area contributed by atoms with Crippen molar-refractivity contribution in [2.45, 2.75) is 24.6 Å². The van der Waals surface area contributed by atoms with Gasteiger partial charge in [-0.05, 0) is 6.42 Å². The number of rotatable bonds is 3. The molecule has 0 rings (SSSR count). The van der Waals surface area contributed by atoms with Gasteiger partial charge in [0.2, 0.25) is 0 Å². The van der Waals surface area contributed by atoms with E-state index in [9.17, 15) is 9.90 Å². The predicted molar refractivity (Wildman–Crippen MR) is 32.6 cm³/mol. The van der Waals surface area contributed by atoms with Crippen LogP contribution in [0.1, 0.15) is 19.8 Å². The fourth-order valence-corrected chi connectivity index (χ4v) is 0.829. The minimum Gasteiger partial charge on any atom is -0.549 e. The molecule has 0 N–H and O–H groups in total. The van der Waals surface area contributed by atoms with Crippen molar-refractivity contribution in [1.29, 1.82) is 0 Å². The Morgan fingerprint density at radius 1 is 1.78 bits per heavy atom. The molecule has 0 aliphatic heterocycles. The first-order valence-corrected chi connectivity index (χ1v) is 3.45. The van der Waals surface area contributed by atoms with Crippen molar-refractivity contribution in [3.05, 3.63) is 0 Å². The van der Waals surface area contributed by atoms with E-state index in [0.29, 0.717) is 6.42 Å². The number of alkyl halides is 1. The van der Waals surface area contributed by atoms with Crippen LogP contribution < -0.4 is 56.5 Å². The second kappa shape index (κ2) is 7.69. The van der Waals surface area contributed by atoms with Gasteiger partial charge in [0.15, 0.2) is 0 Å². The summed E-state index contributed by atoms with van der Waals surface area (Å²) in [5, 5.41) is 9.93. The normalized spacial score (nSPS) is 11.8. The molecule has 0 saturated carbocycles. The summed E-state index contributed by atoms with van der Waals surface area (Å²) in [6.45, 7) is 1.93. The van der Waals surface area contributed by atoms with Gasteiger partial charge in [0, 0.05) is 0 Å². The van der Waals surface area contributed by atoms with Crippen molar-refractivity contribution < 1.29 is 61.3 Å². The molecule has 0 radical (unpaired) electrons. The number of carbonyl (C=O) groups is 1. The fraction of sp³-hybridized carbons (Fsp3) is 0.800. The molecule has 0 fully saturated rings. The van der Waals surface area contributed by atoms with Crippen LogP contribution in [0.15, 0.2) is 0 Å². The van der Waals surface area contributed by atoms with E-state index in [2.05, 4.69) is 15.9 Å². The third-order valence-corrected chi connectivity index (χ3v) is 1.63. The van der Waals surface area contributed by atoms with E-state index in [4.69, 9.17) is 0 Å². The third kappa shape index (κ3) is 7.48. The molecule has 1 unspecified atom stereocenters. The van der Waals surface area contributed by atoms with Crippen LogP contribution in [0.4, 0.5) is 0 Å². The Kier molecular flexibility index (Phi) is 11.3.